The molecule has 2 aliphatic heterocycles. The Bertz CT molecular complexity index is 357. The van der Waals surface area contributed by atoms with Crippen LogP contribution in [-0.4, -0.2) is 35.7 Å². The normalized spacial score (nSPS) is 47.1. The monoisotopic (exact) mass is 279 g/mol. The summed E-state index contributed by atoms with van der Waals surface area (Å²) >= 11 is 0. The summed E-state index contributed by atoms with van der Waals surface area (Å²) in [6, 6.07) is 0. The van der Waals surface area contributed by atoms with Crippen molar-refractivity contribution in [3.05, 3.63) is 0 Å². The molecule has 0 amide bonds. The van der Waals surface area contributed by atoms with Gasteiger partial charge in [0.2, 0.25) is 0 Å². The predicted octanol–water partition coefficient (Wildman–Crippen LogP) is 4.09. The molecule has 0 aromatic heterocycles. The Hall–Kier alpha value is -0.0800. The van der Waals surface area contributed by atoms with Gasteiger partial charge in [-0.2, -0.15) is 0 Å². The van der Waals surface area contributed by atoms with Crippen LogP contribution < -0.4 is 0 Å². The summed E-state index contributed by atoms with van der Waals surface area (Å²) in [5.41, 5.74) is 0.563. The highest BCUT2D eigenvalue weighted by Gasteiger charge is 2.67. The SMILES string of the molecule is CCCCCCO[C@]1(C)CN2C[C@@H](C)[C@@H]3CC[C@H]1[C@@]32C. The molecule has 116 valence electrons. The van der Waals surface area contributed by atoms with Crippen molar-refractivity contribution in [1.82, 2.24) is 4.90 Å². The summed E-state index contributed by atoms with van der Waals surface area (Å²) in [5, 5.41) is 0. The highest BCUT2D eigenvalue weighted by Crippen LogP contribution is 2.61. The first kappa shape index (κ1) is 14.8. The zero-order chi connectivity index (χ0) is 14.4. The van der Waals surface area contributed by atoms with Gasteiger partial charge >= 0.3 is 0 Å². The molecule has 1 aliphatic carbocycles. The summed E-state index contributed by atoms with van der Waals surface area (Å²) in [6.07, 6.45) is 8.05. The van der Waals surface area contributed by atoms with Crippen LogP contribution in [0, 0.1) is 17.8 Å². The molecule has 2 heterocycles. The molecule has 0 aromatic rings. The van der Waals surface area contributed by atoms with Crippen molar-refractivity contribution in [2.24, 2.45) is 17.8 Å². The van der Waals surface area contributed by atoms with E-state index < -0.39 is 0 Å². The van der Waals surface area contributed by atoms with Gasteiger partial charge in [0.15, 0.2) is 0 Å². The third-order valence-electron chi connectivity index (χ3n) is 6.77. The third kappa shape index (κ3) is 2.06. The first-order valence-electron chi connectivity index (χ1n) is 8.91. The van der Waals surface area contributed by atoms with Gasteiger partial charge in [-0.15, -0.1) is 0 Å². The van der Waals surface area contributed by atoms with Gasteiger partial charge in [0, 0.05) is 31.2 Å². The maximum Gasteiger partial charge on any atom is 0.0826 e. The maximum absolute atomic E-state index is 6.46. The molecule has 3 rings (SSSR count). The van der Waals surface area contributed by atoms with Crippen LogP contribution >= 0.6 is 0 Å². The number of unbranched alkanes of at least 4 members (excludes halogenated alkanes) is 3. The highest BCUT2D eigenvalue weighted by molar-refractivity contribution is 5.20. The molecule has 0 bridgehead atoms. The molecule has 2 nitrogen and oxygen atoms in total. The zero-order valence-corrected chi connectivity index (χ0v) is 14.0. The number of rotatable bonds is 6. The van der Waals surface area contributed by atoms with E-state index in [1.165, 1.54) is 51.6 Å². The van der Waals surface area contributed by atoms with Crippen LogP contribution in [0.3, 0.4) is 0 Å². The lowest BCUT2D eigenvalue weighted by molar-refractivity contribution is -0.0581. The second-order valence-corrected chi connectivity index (χ2v) is 8.04. The molecule has 0 spiro atoms. The average Bonchev–Trinajstić information content (AvgIpc) is 2.94. The maximum atomic E-state index is 6.46. The molecule has 2 heteroatoms. The van der Waals surface area contributed by atoms with E-state index >= 15 is 0 Å². The lowest BCUT2D eigenvalue weighted by Gasteiger charge is -2.36. The minimum Gasteiger partial charge on any atom is -0.374 e. The first-order valence-corrected chi connectivity index (χ1v) is 8.91. The molecular formula is C18H33NO. The summed E-state index contributed by atoms with van der Waals surface area (Å²) < 4.78 is 6.46. The van der Waals surface area contributed by atoms with E-state index in [9.17, 15) is 0 Å². The fourth-order valence-corrected chi connectivity index (χ4v) is 5.80. The standard InChI is InChI=1S/C18H33NO/c1-5-6-7-8-11-20-17(3)13-19-12-14(2)15-9-10-16(17)18(15,19)4/h14-16H,5-13H2,1-4H3/t14-,15+,16-,17-,18-/m1/s1. The van der Waals surface area contributed by atoms with Gasteiger partial charge in [0.25, 0.3) is 0 Å². The number of hydrogen-bond donors (Lipinski definition) is 0. The molecule has 3 aliphatic rings. The molecule has 20 heavy (non-hydrogen) atoms. The fraction of sp³-hybridized carbons (Fsp3) is 1.00. The summed E-state index contributed by atoms with van der Waals surface area (Å²) in [7, 11) is 0. The van der Waals surface area contributed by atoms with E-state index in [4.69, 9.17) is 4.74 Å². The van der Waals surface area contributed by atoms with Crippen LogP contribution in [0.2, 0.25) is 0 Å². The number of nitrogens with zero attached hydrogens (tertiary/aromatic N) is 1. The Morgan fingerprint density at radius 3 is 2.70 bits per heavy atom. The van der Waals surface area contributed by atoms with Crippen molar-refractivity contribution in [3.63, 3.8) is 0 Å². The molecule has 2 saturated heterocycles. The van der Waals surface area contributed by atoms with E-state index in [0.29, 0.717) is 5.54 Å². The van der Waals surface area contributed by atoms with Crippen LogP contribution in [0.5, 0.6) is 0 Å². The van der Waals surface area contributed by atoms with Crippen molar-refractivity contribution in [2.45, 2.75) is 77.4 Å². The Labute approximate surface area is 125 Å². The second-order valence-electron chi connectivity index (χ2n) is 8.04. The van der Waals surface area contributed by atoms with E-state index in [1.807, 2.05) is 0 Å². The molecule has 3 fully saturated rings. The Morgan fingerprint density at radius 2 is 1.95 bits per heavy atom. The van der Waals surface area contributed by atoms with Gasteiger partial charge in [-0.05, 0) is 44.9 Å². The van der Waals surface area contributed by atoms with Crippen molar-refractivity contribution in [2.75, 3.05) is 19.7 Å². The minimum absolute atomic E-state index is 0.121. The van der Waals surface area contributed by atoms with E-state index in [1.54, 1.807) is 0 Å². The van der Waals surface area contributed by atoms with Gasteiger partial charge in [0.1, 0.15) is 0 Å². The third-order valence-corrected chi connectivity index (χ3v) is 6.77. The van der Waals surface area contributed by atoms with Crippen LogP contribution in [0.4, 0.5) is 0 Å². The van der Waals surface area contributed by atoms with E-state index in [2.05, 4.69) is 32.6 Å². The summed E-state index contributed by atoms with van der Waals surface area (Å²) in [5.74, 6) is 2.56. The summed E-state index contributed by atoms with van der Waals surface area (Å²) in [6.45, 7) is 13.1. The van der Waals surface area contributed by atoms with Crippen LogP contribution in [0.25, 0.3) is 0 Å². The van der Waals surface area contributed by atoms with Gasteiger partial charge in [-0.3, -0.25) is 4.90 Å². The van der Waals surface area contributed by atoms with E-state index in [-0.39, 0.29) is 5.60 Å². The Kier molecular flexibility index (Phi) is 3.92. The van der Waals surface area contributed by atoms with Crippen LogP contribution in [0.1, 0.15) is 66.2 Å². The van der Waals surface area contributed by atoms with Gasteiger partial charge in [0.05, 0.1) is 5.60 Å². The summed E-state index contributed by atoms with van der Waals surface area (Å²) in [4.78, 5) is 2.77. The van der Waals surface area contributed by atoms with Crippen molar-refractivity contribution >= 4 is 0 Å². The molecule has 0 N–H and O–H groups in total. The largest absolute Gasteiger partial charge is 0.374 e. The molecule has 1 saturated carbocycles. The molecule has 0 unspecified atom stereocenters. The van der Waals surface area contributed by atoms with Gasteiger partial charge in [-0.1, -0.05) is 33.1 Å². The van der Waals surface area contributed by atoms with Crippen LogP contribution in [0.15, 0.2) is 0 Å². The number of ether oxygens (including phenoxy) is 1. The zero-order valence-electron chi connectivity index (χ0n) is 14.0. The quantitative estimate of drug-likeness (QED) is 0.679. The minimum atomic E-state index is 0.121. The average molecular weight is 279 g/mol. The smallest absolute Gasteiger partial charge is 0.0826 e. The second kappa shape index (κ2) is 5.28. The van der Waals surface area contributed by atoms with Gasteiger partial charge in [-0.25, -0.2) is 0 Å². The van der Waals surface area contributed by atoms with Crippen molar-refractivity contribution in [1.29, 1.82) is 0 Å². The van der Waals surface area contributed by atoms with Crippen LogP contribution in [-0.2, 0) is 4.74 Å². The Morgan fingerprint density at radius 1 is 1.15 bits per heavy atom. The molecule has 0 aromatic carbocycles. The number of hydrogen-bond acceptors (Lipinski definition) is 2. The predicted molar refractivity (Wildman–Crippen MR) is 83.9 cm³/mol. The molecule has 0 radical (unpaired) electrons. The highest BCUT2D eigenvalue weighted by atomic mass is 16.5. The fourth-order valence-electron chi connectivity index (χ4n) is 5.80. The van der Waals surface area contributed by atoms with Crippen molar-refractivity contribution < 1.29 is 4.74 Å². The molecule has 5 atom stereocenters. The van der Waals surface area contributed by atoms with E-state index in [0.717, 1.165) is 24.4 Å². The molecular weight excluding hydrogens is 246 g/mol. The Balaban J connectivity index is 1.62. The van der Waals surface area contributed by atoms with Gasteiger partial charge < -0.3 is 4.74 Å². The lowest BCUT2D eigenvalue weighted by atomic mass is 9.77. The van der Waals surface area contributed by atoms with Crippen molar-refractivity contribution in [3.8, 4) is 0 Å². The topological polar surface area (TPSA) is 12.5 Å². The first-order chi connectivity index (χ1) is 9.52. The lowest BCUT2D eigenvalue weighted by Crippen LogP contribution is -2.43.